The van der Waals surface area contributed by atoms with Gasteiger partial charge >= 0.3 is 0 Å². The van der Waals surface area contributed by atoms with E-state index in [-0.39, 0.29) is 33.9 Å². The van der Waals surface area contributed by atoms with Crippen molar-refractivity contribution in [3.8, 4) is 11.4 Å². The summed E-state index contributed by atoms with van der Waals surface area (Å²) in [4.78, 5) is 28.1. The van der Waals surface area contributed by atoms with Gasteiger partial charge in [0, 0.05) is 42.0 Å². The molecule has 2 aromatic carbocycles. The summed E-state index contributed by atoms with van der Waals surface area (Å²) in [5, 5.41) is 0. The maximum Gasteiger partial charge on any atom is 0.273 e. The van der Waals surface area contributed by atoms with Crippen LogP contribution in [0, 0.1) is 25.5 Å². The predicted molar refractivity (Wildman–Crippen MR) is 127 cm³/mol. The molecule has 1 aliphatic heterocycles. The van der Waals surface area contributed by atoms with Gasteiger partial charge in [-0.05, 0) is 59.6 Å². The summed E-state index contributed by atoms with van der Waals surface area (Å²) in [5.41, 5.74) is 2.14. The number of rotatable bonds is 5. The number of ether oxygens (including phenoxy) is 2. The summed E-state index contributed by atoms with van der Waals surface area (Å²) in [5.74, 6) is -1.27. The van der Waals surface area contributed by atoms with Crippen LogP contribution in [0.4, 0.5) is 8.78 Å². The smallest absolute Gasteiger partial charge is 0.273 e. The number of benzene rings is 2. The van der Waals surface area contributed by atoms with E-state index in [1.807, 2.05) is 6.92 Å². The van der Waals surface area contributed by atoms with Crippen LogP contribution >= 0.6 is 15.9 Å². The SMILES string of the molecule is Cc1c(C(=O)N2CCOCC2)cccc1-n1c(C)cc(OCc2ccc(F)cc2F)c(Br)c1=O. The second-order valence-electron chi connectivity index (χ2n) is 7.98. The van der Waals surface area contributed by atoms with E-state index in [9.17, 15) is 18.4 Å². The van der Waals surface area contributed by atoms with Crippen LogP contribution in [-0.2, 0) is 11.3 Å². The topological polar surface area (TPSA) is 60.8 Å². The van der Waals surface area contributed by atoms with Crippen LogP contribution in [0.25, 0.3) is 5.69 Å². The van der Waals surface area contributed by atoms with Gasteiger partial charge < -0.3 is 14.4 Å². The third-order valence-electron chi connectivity index (χ3n) is 5.77. The number of halogens is 3. The maximum atomic E-state index is 13.9. The molecule has 0 N–H and O–H groups in total. The molecule has 9 heteroatoms. The lowest BCUT2D eigenvalue weighted by molar-refractivity contribution is 0.0302. The molecule has 1 saturated heterocycles. The Morgan fingerprint density at radius 1 is 1.12 bits per heavy atom. The number of aryl methyl sites for hydroxylation is 1. The van der Waals surface area contributed by atoms with Crippen molar-refractivity contribution >= 4 is 21.8 Å². The fourth-order valence-electron chi connectivity index (χ4n) is 3.91. The van der Waals surface area contributed by atoms with Gasteiger partial charge in [0.25, 0.3) is 11.5 Å². The molecule has 3 aromatic rings. The normalized spacial score (nSPS) is 13.7. The van der Waals surface area contributed by atoms with Crippen molar-refractivity contribution in [2.24, 2.45) is 0 Å². The number of pyridine rings is 1. The van der Waals surface area contributed by atoms with Gasteiger partial charge in [0.05, 0.1) is 18.9 Å². The Balaban J connectivity index is 1.66. The predicted octanol–water partition coefficient (Wildman–Crippen LogP) is 4.55. The van der Waals surface area contributed by atoms with E-state index >= 15 is 0 Å². The van der Waals surface area contributed by atoms with Crippen LogP contribution in [0.3, 0.4) is 0 Å². The van der Waals surface area contributed by atoms with E-state index in [1.54, 1.807) is 36.1 Å². The van der Waals surface area contributed by atoms with Crippen LogP contribution in [0.15, 0.2) is 51.7 Å². The number of carbonyl (C=O) groups excluding carboxylic acids is 1. The zero-order valence-electron chi connectivity index (χ0n) is 18.7. The molecule has 0 atom stereocenters. The molecule has 1 amide bonds. The van der Waals surface area contributed by atoms with E-state index in [4.69, 9.17) is 9.47 Å². The molecule has 0 saturated carbocycles. The summed E-state index contributed by atoms with van der Waals surface area (Å²) < 4.78 is 39.7. The molecule has 6 nitrogen and oxygen atoms in total. The number of morpholine rings is 1. The molecule has 2 heterocycles. The number of amides is 1. The highest BCUT2D eigenvalue weighted by molar-refractivity contribution is 9.10. The Morgan fingerprint density at radius 3 is 2.56 bits per heavy atom. The van der Waals surface area contributed by atoms with Crippen molar-refractivity contribution in [1.29, 1.82) is 0 Å². The molecule has 0 aliphatic carbocycles. The maximum absolute atomic E-state index is 13.9. The molecule has 4 rings (SSSR count). The van der Waals surface area contributed by atoms with Crippen LogP contribution in [0.2, 0.25) is 0 Å². The summed E-state index contributed by atoms with van der Waals surface area (Å²) in [6, 6.07) is 10.2. The Hall–Kier alpha value is -3.04. The summed E-state index contributed by atoms with van der Waals surface area (Å²) in [6.07, 6.45) is 0. The number of hydrogen-bond acceptors (Lipinski definition) is 4. The van der Waals surface area contributed by atoms with Gasteiger partial charge in [0.1, 0.15) is 28.5 Å². The van der Waals surface area contributed by atoms with E-state index in [2.05, 4.69) is 15.9 Å². The van der Waals surface area contributed by atoms with Crippen LogP contribution < -0.4 is 10.3 Å². The molecule has 178 valence electrons. The first-order chi connectivity index (χ1) is 16.3. The molecular formula is C25H23BrF2N2O4. The minimum Gasteiger partial charge on any atom is -0.487 e. The second-order valence-corrected chi connectivity index (χ2v) is 8.78. The zero-order chi connectivity index (χ0) is 24.4. The molecule has 34 heavy (non-hydrogen) atoms. The summed E-state index contributed by atoms with van der Waals surface area (Å²) >= 11 is 3.30. The van der Waals surface area contributed by atoms with Crippen molar-refractivity contribution in [3.63, 3.8) is 0 Å². The Kier molecular flexibility index (Phi) is 7.13. The highest BCUT2D eigenvalue weighted by Crippen LogP contribution is 2.27. The van der Waals surface area contributed by atoms with Gasteiger partial charge in [0.2, 0.25) is 0 Å². The summed E-state index contributed by atoms with van der Waals surface area (Å²) in [7, 11) is 0. The fourth-order valence-corrected chi connectivity index (χ4v) is 4.32. The van der Waals surface area contributed by atoms with Crippen LogP contribution in [0.5, 0.6) is 5.75 Å². The first-order valence-electron chi connectivity index (χ1n) is 10.7. The van der Waals surface area contributed by atoms with Crippen molar-refractivity contribution < 1.29 is 23.0 Å². The van der Waals surface area contributed by atoms with Gasteiger partial charge in [-0.15, -0.1) is 0 Å². The molecule has 0 spiro atoms. The average Bonchev–Trinajstić information content (AvgIpc) is 2.82. The first-order valence-corrected chi connectivity index (χ1v) is 11.5. The zero-order valence-corrected chi connectivity index (χ0v) is 20.3. The highest BCUT2D eigenvalue weighted by atomic mass is 79.9. The van der Waals surface area contributed by atoms with Crippen molar-refractivity contribution in [2.45, 2.75) is 20.5 Å². The van der Waals surface area contributed by atoms with Crippen molar-refractivity contribution in [3.05, 3.63) is 91.3 Å². The fraction of sp³-hybridized carbons (Fsp3) is 0.280. The van der Waals surface area contributed by atoms with Gasteiger partial charge in [0.15, 0.2) is 0 Å². The Morgan fingerprint density at radius 2 is 1.85 bits per heavy atom. The minimum atomic E-state index is -0.724. The van der Waals surface area contributed by atoms with E-state index < -0.39 is 11.6 Å². The molecule has 1 aromatic heterocycles. The third-order valence-corrected chi connectivity index (χ3v) is 6.50. The lowest BCUT2D eigenvalue weighted by Gasteiger charge is -2.28. The Bertz CT molecular complexity index is 1300. The molecule has 0 unspecified atom stereocenters. The van der Waals surface area contributed by atoms with E-state index in [0.29, 0.717) is 48.8 Å². The average molecular weight is 533 g/mol. The third kappa shape index (κ3) is 4.76. The number of nitrogens with zero attached hydrogens (tertiary/aromatic N) is 2. The van der Waals surface area contributed by atoms with Gasteiger partial charge in [-0.1, -0.05) is 6.07 Å². The van der Waals surface area contributed by atoms with Gasteiger partial charge in [-0.2, -0.15) is 0 Å². The first kappa shape index (κ1) is 24.1. The standard InChI is InChI=1S/C25H23BrF2N2O4/c1-15-12-22(34-14-17-6-7-18(27)13-20(17)28)23(26)25(32)30(15)21-5-3-4-19(16(21)2)24(31)29-8-10-33-11-9-29/h3-7,12-13H,8-11,14H2,1-2H3. The van der Waals surface area contributed by atoms with Crippen LogP contribution in [-0.4, -0.2) is 41.7 Å². The lowest BCUT2D eigenvalue weighted by atomic mass is 10.0. The molecular weight excluding hydrogens is 510 g/mol. The molecule has 0 radical (unpaired) electrons. The number of hydrogen-bond donors (Lipinski definition) is 0. The van der Waals surface area contributed by atoms with Crippen molar-refractivity contribution in [2.75, 3.05) is 26.3 Å². The monoisotopic (exact) mass is 532 g/mol. The minimum absolute atomic E-state index is 0.103. The number of aromatic nitrogens is 1. The highest BCUT2D eigenvalue weighted by Gasteiger charge is 2.23. The molecule has 0 bridgehead atoms. The van der Waals surface area contributed by atoms with Crippen molar-refractivity contribution in [1.82, 2.24) is 9.47 Å². The Labute approximate surface area is 203 Å². The lowest BCUT2D eigenvalue weighted by Crippen LogP contribution is -2.41. The molecule has 1 fully saturated rings. The second kappa shape index (κ2) is 10.1. The quantitative estimate of drug-likeness (QED) is 0.483. The van der Waals surface area contributed by atoms with E-state index in [1.165, 1.54) is 10.6 Å². The number of carbonyl (C=O) groups is 1. The van der Waals surface area contributed by atoms with Gasteiger partial charge in [-0.25, -0.2) is 8.78 Å². The van der Waals surface area contributed by atoms with Gasteiger partial charge in [-0.3, -0.25) is 14.2 Å². The van der Waals surface area contributed by atoms with E-state index in [0.717, 1.165) is 12.1 Å². The summed E-state index contributed by atoms with van der Waals surface area (Å²) in [6.45, 7) is 5.43. The largest absolute Gasteiger partial charge is 0.487 e. The van der Waals surface area contributed by atoms with Crippen LogP contribution in [0.1, 0.15) is 27.2 Å². The molecule has 1 aliphatic rings.